The second kappa shape index (κ2) is 8.76. The zero-order chi connectivity index (χ0) is 18.5. The highest BCUT2D eigenvalue weighted by atomic mass is 35.5. The van der Waals surface area contributed by atoms with E-state index in [0.717, 1.165) is 37.5 Å². The maximum absolute atomic E-state index is 12.6. The summed E-state index contributed by atoms with van der Waals surface area (Å²) in [6.07, 6.45) is 1.66. The predicted molar refractivity (Wildman–Crippen MR) is 106 cm³/mol. The quantitative estimate of drug-likeness (QED) is 0.790. The van der Waals surface area contributed by atoms with Crippen LogP contribution in [0.5, 0.6) is 5.75 Å². The van der Waals surface area contributed by atoms with Gasteiger partial charge in [-0.25, -0.2) is 0 Å². The molecule has 138 valence electrons. The molecule has 6 heteroatoms. The number of hydrogen-bond acceptors (Lipinski definition) is 3. The first kappa shape index (κ1) is 19.0. The summed E-state index contributed by atoms with van der Waals surface area (Å²) in [7, 11) is 1.58. The zero-order valence-corrected chi connectivity index (χ0v) is 16.2. The van der Waals surface area contributed by atoms with Gasteiger partial charge in [0.2, 0.25) is 5.91 Å². The molecule has 0 unspecified atom stereocenters. The van der Waals surface area contributed by atoms with E-state index >= 15 is 0 Å². The number of hydrogen-bond donors (Lipinski definition) is 1. The third kappa shape index (κ3) is 4.91. The zero-order valence-electron chi connectivity index (χ0n) is 14.7. The fraction of sp³-hybridized carbons (Fsp3) is 0.350. The summed E-state index contributed by atoms with van der Waals surface area (Å²) < 4.78 is 5.29. The van der Waals surface area contributed by atoms with E-state index in [1.807, 2.05) is 18.2 Å². The Morgan fingerprint density at radius 1 is 1.15 bits per heavy atom. The van der Waals surface area contributed by atoms with Crippen molar-refractivity contribution in [1.29, 1.82) is 0 Å². The summed E-state index contributed by atoms with van der Waals surface area (Å²) in [5.74, 6) is 0.628. The average molecular weight is 393 g/mol. The molecular formula is C20H22Cl2N2O2. The summed E-state index contributed by atoms with van der Waals surface area (Å²) in [6, 6.07) is 13.1. The first-order chi connectivity index (χ1) is 12.5. The number of likely N-dealkylation sites (tertiary alicyclic amines) is 1. The Kier molecular flexibility index (Phi) is 6.41. The number of amides is 1. The van der Waals surface area contributed by atoms with Gasteiger partial charge in [-0.05, 0) is 61.8 Å². The number of benzene rings is 2. The third-order valence-corrected chi connectivity index (χ3v) is 5.14. The van der Waals surface area contributed by atoms with Gasteiger partial charge in [-0.15, -0.1) is 0 Å². The van der Waals surface area contributed by atoms with Crippen LogP contribution in [0.25, 0.3) is 0 Å². The van der Waals surface area contributed by atoms with Crippen molar-refractivity contribution in [2.75, 3.05) is 25.5 Å². The first-order valence-electron chi connectivity index (χ1n) is 8.66. The number of nitrogens with one attached hydrogen (secondary N) is 1. The third-order valence-electron chi connectivity index (χ3n) is 4.67. The van der Waals surface area contributed by atoms with Crippen molar-refractivity contribution in [3.8, 4) is 5.75 Å². The van der Waals surface area contributed by atoms with E-state index < -0.39 is 0 Å². The van der Waals surface area contributed by atoms with Crippen molar-refractivity contribution < 1.29 is 9.53 Å². The SMILES string of the molecule is COc1ccc(Cl)cc1NC(=O)C1CCN(Cc2cccc(Cl)c2)CC1. The average Bonchev–Trinajstić information content (AvgIpc) is 2.62. The number of anilines is 1. The summed E-state index contributed by atoms with van der Waals surface area (Å²) in [4.78, 5) is 15.0. The Hall–Kier alpha value is -1.75. The normalized spacial score (nSPS) is 15.7. The summed E-state index contributed by atoms with van der Waals surface area (Å²) in [5.41, 5.74) is 1.82. The molecule has 0 aromatic heterocycles. The number of ether oxygens (including phenoxy) is 1. The fourth-order valence-corrected chi connectivity index (χ4v) is 3.64. The van der Waals surface area contributed by atoms with Gasteiger partial charge in [0.25, 0.3) is 0 Å². The second-order valence-electron chi connectivity index (χ2n) is 6.51. The molecule has 1 N–H and O–H groups in total. The van der Waals surface area contributed by atoms with Crippen LogP contribution in [0.3, 0.4) is 0 Å². The van der Waals surface area contributed by atoms with Crippen molar-refractivity contribution in [2.45, 2.75) is 19.4 Å². The van der Waals surface area contributed by atoms with E-state index in [1.165, 1.54) is 5.56 Å². The predicted octanol–water partition coefficient (Wildman–Crippen LogP) is 4.85. The van der Waals surface area contributed by atoms with Crippen LogP contribution in [-0.2, 0) is 11.3 Å². The molecule has 2 aromatic carbocycles. The number of rotatable bonds is 5. The topological polar surface area (TPSA) is 41.6 Å². The van der Waals surface area contributed by atoms with Crippen LogP contribution in [0.2, 0.25) is 10.0 Å². The van der Waals surface area contributed by atoms with Crippen molar-refractivity contribution in [3.63, 3.8) is 0 Å². The van der Waals surface area contributed by atoms with Crippen molar-refractivity contribution >= 4 is 34.8 Å². The van der Waals surface area contributed by atoms with Crippen LogP contribution < -0.4 is 10.1 Å². The summed E-state index contributed by atoms with van der Waals surface area (Å²) in [6.45, 7) is 2.63. The Labute approximate surface area is 164 Å². The van der Waals surface area contributed by atoms with E-state index in [2.05, 4.69) is 16.3 Å². The smallest absolute Gasteiger partial charge is 0.227 e. The molecule has 2 aromatic rings. The maximum Gasteiger partial charge on any atom is 0.227 e. The number of methoxy groups -OCH3 is 1. The maximum atomic E-state index is 12.6. The van der Waals surface area contributed by atoms with Gasteiger partial charge in [0.15, 0.2) is 0 Å². The lowest BCUT2D eigenvalue weighted by Crippen LogP contribution is -2.37. The molecule has 0 aliphatic carbocycles. The highest BCUT2D eigenvalue weighted by molar-refractivity contribution is 6.31. The molecule has 1 amide bonds. The number of carbonyl (C=O) groups excluding carboxylic acids is 1. The molecule has 0 saturated carbocycles. The molecule has 26 heavy (non-hydrogen) atoms. The highest BCUT2D eigenvalue weighted by Gasteiger charge is 2.25. The molecule has 3 rings (SSSR count). The van der Waals surface area contributed by atoms with Gasteiger partial charge in [-0.1, -0.05) is 35.3 Å². The highest BCUT2D eigenvalue weighted by Crippen LogP contribution is 2.29. The summed E-state index contributed by atoms with van der Waals surface area (Å²) in [5, 5.41) is 4.28. The Morgan fingerprint density at radius 2 is 1.88 bits per heavy atom. The largest absolute Gasteiger partial charge is 0.495 e. The molecule has 0 bridgehead atoms. The first-order valence-corrected chi connectivity index (χ1v) is 9.42. The van der Waals surface area contributed by atoms with E-state index in [9.17, 15) is 4.79 Å². The molecule has 1 aliphatic heterocycles. The Balaban J connectivity index is 1.54. The van der Waals surface area contributed by atoms with Crippen LogP contribution in [0.1, 0.15) is 18.4 Å². The Morgan fingerprint density at radius 3 is 2.58 bits per heavy atom. The van der Waals surface area contributed by atoms with Gasteiger partial charge < -0.3 is 10.1 Å². The van der Waals surface area contributed by atoms with Gasteiger partial charge in [0.1, 0.15) is 5.75 Å². The van der Waals surface area contributed by atoms with E-state index in [4.69, 9.17) is 27.9 Å². The van der Waals surface area contributed by atoms with E-state index in [0.29, 0.717) is 16.5 Å². The van der Waals surface area contributed by atoms with Gasteiger partial charge in [0.05, 0.1) is 12.8 Å². The van der Waals surface area contributed by atoms with Crippen molar-refractivity contribution in [2.24, 2.45) is 5.92 Å². The standard InChI is InChI=1S/C20H22Cl2N2O2/c1-26-19-6-5-17(22)12-18(19)23-20(25)15-7-9-24(10-8-15)13-14-3-2-4-16(21)11-14/h2-6,11-12,15H,7-10,13H2,1H3,(H,23,25). The van der Waals surface area contributed by atoms with Crippen LogP contribution >= 0.6 is 23.2 Å². The van der Waals surface area contributed by atoms with Gasteiger partial charge in [-0.3, -0.25) is 9.69 Å². The fourth-order valence-electron chi connectivity index (χ4n) is 3.26. The second-order valence-corrected chi connectivity index (χ2v) is 7.39. The summed E-state index contributed by atoms with van der Waals surface area (Å²) >= 11 is 12.1. The van der Waals surface area contributed by atoms with Crippen LogP contribution in [0.4, 0.5) is 5.69 Å². The minimum Gasteiger partial charge on any atom is -0.495 e. The molecule has 1 saturated heterocycles. The lowest BCUT2D eigenvalue weighted by molar-refractivity contribution is -0.121. The Bertz CT molecular complexity index is 774. The number of piperidine rings is 1. The minimum absolute atomic E-state index is 0.00528. The van der Waals surface area contributed by atoms with Crippen molar-refractivity contribution in [1.82, 2.24) is 4.90 Å². The molecule has 0 radical (unpaired) electrons. The van der Waals surface area contributed by atoms with Crippen LogP contribution in [0.15, 0.2) is 42.5 Å². The molecule has 1 aliphatic rings. The molecule has 1 fully saturated rings. The van der Waals surface area contributed by atoms with Crippen LogP contribution in [-0.4, -0.2) is 31.0 Å². The lowest BCUT2D eigenvalue weighted by atomic mass is 9.95. The number of nitrogens with zero attached hydrogens (tertiary/aromatic N) is 1. The van der Waals surface area contributed by atoms with Gasteiger partial charge in [0, 0.05) is 22.5 Å². The van der Waals surface area contributed by atoms with Crippen molar-refractivity contribution in [3.05, 3.63) is 58.1 Å². The number of carbonyl (C=O) groups is 1. The van der Waals surface area contributed by atoms with Gasteiger partial charge in [-0.2, -0.15) is 0 Å². The van der Waals surface area contributed by atoms with E-state index in [-0.39, 0.29) is 11.8 Å². The van der Waals surface area contributed by atoms with Crippen LogP contribution in [0, 0.1) is 5.92 Å². The molecule has 1 heterocycles. The molecule has 0 spiro atoms. The number of halogens is 2. The molecule has 0 atom stereocenters. The molecule has 4 nitrogen and oxygen atoms in total. The molecular weight excluding hydrogens is 371 g/mol. The minimum atomic E-state index is -0.00528. The lowest BCUT2D eigenvalue weighted by Gasteiger charge is -2.31. The van der Waals surface area contributed by atoms with Gasteiger partial charge >= 0.3 is 0 Å². The monoisotopic (exact) mass is 392 g/mol. The van der Waals surface area contributed by atoms with E-state index in [1.54, 1.807) is 25.3 Å².